The van der Waals surface area contributed by atoms with Crippen LogP contribution in [-0.2, 0) is 6.18 Å². The predicted molar refractivity (Wildman–Crippen MR) is 72.8 cm³/mol. The van der Waals surface area contributed by atoms with Gasteiger partial charge in [0.05, 0.1) is 17.4 Å². The van der Waals surface area contributed by atoms with Crippen LogP contribution in [0, 0.1) is 0 Å². The molecule has 0 saturated carbocycles. The van der Waals surface area contributed by atoms with Crippen molar-refractivity contribution in [2.24, 2.45) is 0 Å². The van der Waals surface area contributed by atoms with Crippen molar-refractivity contribution in [1.82, 2.24) is 4.98 Å². The number of nitrogens with zero attached hydrogens (tertiary/aromatic N) is 2. The van der Waals surface area contributed by atoms with Crippen molar-refractivity contribution in [1.29, 1.82) is 0 Å². The average Bonchev–Trinajstić information content (AvgIpc) is 2.46. The van der Waals surface area contributed by atoms with E-state index in [1.54, 1.807) is 12.1 Å². The van der Waals surface area contributed by atoms with Crippen LogP contribution in [0.5, 0.6) is 0 Å². The van der Waals surface area contributed by atoms with Gasteiger partial charge in [0.2, 0.25) is 0 Å². The number of nitrogen functional groups attached to an aromatic ring is 1. The highest BCUT2D eigenvalue weighted by Crippen LogP contribution is 2.34. The number of pyridine rings is 1. The molecule has 2 aromatic rings. The molecule has 4 nitrogen and oxygen atoms in total. The van der Waals surface area contributed by atoms with Crippen LogP contribution in [0.4, 0.5) is 24.5 Å². The number of rotatable bonds is 2. The number of benzene rings is 1. The van der Waals surface area contributed by atoms with Crippen molar-refractivity contribution in [2.75, 3.05) is 17.7 Å². The Hall–Kier alpha value is -2.57. The van der Waals surface area contributed by atoms with Gasteiger partial charge in [0.15, 0.2) is 0 Å². The van der Waals surface area contributed by atoms with E-state index in [4.69, 9.17) is 5.73 Å². The smallest absolute Gasteiger partial charge is 0.398 e. The molecule has 0 radical (unpaired) electrons. The summed E-state index contributed by atoms with van der Waals surface area (Å²) < 4.78 is 38.4. The maximum atomic E-state index is 12.8. The van der Waals surface area contributed by atoms with Gasteiger partial charge in [-0.2, -0.15) is 13.2 Å². The molecule has 2 N–H and O–H groups in total. The number of anilines is 2. The lowest BCUT2D eigenvalue weighted by Crippen LogP contribution is -2.26. The van der Waals surface area contributed by atoms with Crippen molar-refractivity contribution in [3.05, 3.63) is 53.9 Å². The van der Waals surface area contributed by atoms with Crippen LogP contribution in [-0.4, -0.2) is 17.9 Å². The number of halogens is 3. The van der Waals surface area contributed by atoms with E-state index in [1.807, 2.05) is 0 Å². The number of hydrogen-bond donors (Lipinski definition) is 1. The molecule has 110 valence electrons. The maximum Gasteiger partial charge on any atom is 0.418 e. The highest BCUT2D eigenvalue weighted by Gasteiger charge is 2.33. The molecule has 1 amide bonds. The zero-order valence-electron chi connectivity index (χ0n) is 11.1. The molecule has 1 aromatic heterocycles. The molecule has 0 fully saturated rings. The van der Waals surface area contributed by atoms with Gasteiger partial charge in [-0.1, -0.05) is 0 Å². The van der Waals surface area contributed by atoms with Crippen LogP contribution in [0.2, 0.25) is 0 Å². The fourth-order valence-corrected chi connectivity index (χ4v) is 1.80. The van der Waals surface area contributed by atoms with Gasteiger partial charge in [0.1, 0.15) is 0 Å². The van der Waals surface area contributed by atoms with Crippen LogP contribution in [0.15, 0.2) is 42.7 Å². The molecular weight excluding hydrogens is 283 g/mol. The second kappa shape index (κ2) is 5.43. The highest BCUT2D eigenvalue weighted by molar-refractivity contribution is 6.06. The molecule has 2 rings (SSSR count). The Morgan fingerprint density at radius 3 is 2.57 bits per heavy atom. The Morgan fingerprint density at radius 1 is 1.29 bits per heavy atom. The van der Waals surface area contributed by atoms with Gasteiger partial charge < -0.3 is 10.6 Å². The van der Waals surface area contributed by atoms with Crippen LogP contribution in [0.25, 0.3) is 0 Å². The van der Waals surface area contributed by atoms with E-state index in [9.17, 15) is 18.0 Å². The second-order valence-corrected chi connectivity index (χ2v) is 4.38. The fourth-order valence-electron chi connectivity index (χ4n) is 1.80. The monoisotopic (exact) mass is 295 g/mol. The molecule has 0 atom stereocenters. The van der Waals surface area contributed by atoms with Gasteiger partial charge in [0.25, 0.3) is 5.91 Å². The van der Waals surface area contributed by atoms with Gasteiger partial charge in [-0.3, -0.25) is 9.78 Å². The summed E-state index contributed by atoms with van der Waals surface area (Å²) in [5.74, 6) is -0.575. The van der Waals surface area contributed by atoms with E-state index < -0.39 is 23.3 Å². The van der Waals surface area contributed by atoms with Crippen molar-refractivity contribution in [3.8, 4) is 0 Å². The third-order valence-electron chi connectivity index (χ3n) is 2.94. The molecule has 7 heteroatoms. The molecule has 0 aliphatic rings. The molecule has 0 unspecified atom stereocenters. The molecule has 0 aliphatic heterocycles. The number of alkyl halides is 3. The Bertz CT molecular complexity index is 656. The SMILES string of the molecule is CN(C(=O)c1ccc(N)c(C(F)(F)F)c1)c1cccnc1. The Balaban J connectivity index is 2.36. The van der Waals surface area contributed by atoms with Gasteiger partial charge in [-0.05, 0) is 30.3 Å². The average molecular weight is 295 g/mol. The first kappa shape index (κ1) is 14.8. The van der Waals surface area contributed by atoms with E-state index in [2.05, 4.69) is 4.98 Å². The third kappa shape index (κ3) is 3.13. The normalized spacial score (nSPS) is 11.2. The van der Waals surface area contributed by atoms with E-state index in [1.165, 1.54) is 30.4 Å². The lowest BCUT2D eigenvalue weighted by atomic mass is 10.1. The summed E-state index contributed by atoms with van der Waals surface area (Å²) in [4.78, 5) is 17.3. The zero-order valence-corrected chi connectivity index (χ0v) is 11.1. The van der Waals surface area contributed by atoms with Crippen molar-refractivity contribution < 1.29 is 18.0 Å². The Morgan fingerprint density at radius 2 is 2.00 bits per heavy atom. The Kier molecular flexibility index (Phi) is 3.84. The standard InChI is InChI=1S/C14H12F3N3O/c1-20(10-3-2-6-19-8-10)13(21)9-4-5-12(18)11(7-9)14(15,16)17/h2-8H,18H2,1H3. The third-order valence-corrected chi connectivity index (χ3v) is 2.94. The number of carbonyl (C=O) groups excluding carboxylic acids is 1. The summed E-state index contributed by atoms with van der Waals surface area (Å²) >= 11 is 0. The largest absolute Gasteiger partial charge is 0.418 e. The number of aromatic nitrogens is 1. The summed E-state index contributed by atoms with van der Waals surface area (Å²) in [5, 5.41) is 0. The van der Waals surface area contributed by atoms with Gasteiger partial charge in [-0.25, -0.2) is 0 Å². The van der Waals surface area contributed by atoms with Crippen LogP contribution in [0.3, 0.4) is 0 Å². The minimum Gasteiger partial charge on any atom is -0.398 e. The number of hydrogen-bond acceptors (Lipinski definition) is 3. The first-order chi connectivity index (χ1) is 9.80. The molecule has 0 aliphatic carbocycles. The molecule has 0 saturated heterocycles. The van der Waals surface area contributed by atoms with Gasteiger partial charge in [0, 0.05) is 24.5 Å². The summed E-state index contributed by atoms with van der Waals surface area (Å²) in [7, 11) is 1.46. The number of carbonyl (C=O) groups is 1. The molecule has 1 aromatic carbocycles. The molecular formula is C14H12F3N3O. The minimum absolute atomic E-state index is 0.0946. The van der Waals surface area contributed by atoms with E-state index in [0.29, 0.717) is 5.69 Å². The van der Waals surface area contributed by atoms with Crippen LogP contribution in [0.1, 0.15) is 15.9 Å². The number of nitrogens with two attached hydrogens (primary N) is 1. The van der Waals surface area contributed by atoms with Crippen molar-refractivity contribution in [2.45, 2.75) is 6.18 Å². The quantitative estimate of drug-likeness (QED) is 0.867. The van der Waals surface area contributed by atoms with E-state index >= 15 is 0 Å². The van der Waals surface area contributed by atoms with E-state index in [0.717, 1.165) is 12.1 Å². The summed E-state index contributed by atoms with van der Waals surface area (Å²) in [6.45, 7) is 0. The number of amides is 1. The minimum atomic E-state index is -4.60. The van der Waals surface area contributed by atoms with E-state index in [-0.39, 0.29) is 5.56 Å². The molecule has 1 heterocycles. The van der Waals surface area contributed by atoms with Crippen molar-refractivity contribution >= 4 is 17.3 Å². The van der Waals surface area contributed by atoms with Gasteiger partial charge in [-0.15, -0.1) is 0 Å². The summed E-state index contributed by atoms with van der Waals surface area (Å²) in [5.41, 5.74) is 4.26. The lowest BCUT2D eigenvalue weighted by Gasteiger charge is -2.18. The zero-order chi connectivity index (χ0) is 15.6. The summed E-state index contributed by atoms with van der Waals surface area (Å²) in [6, 6.07) is 6.35. The van der Waals surface area contributed by atoms with Crippen molar-refractivity contribution in [3.63, 3.8) is 0 Å². The summed E-state index contributed by atoms with van der Waals surface area (Å²) in [6.07, 6.45) is -1.63. The van der Waals surface area contributed by atoms with Crippen LogP contribution >= 0.6 is 0 Å². The molecule has 0 spiro atoms. The maximum absolute atomic E-state index is 12.8. The fraction of sp³-hybridized carbons (Fsp3) is 0.143. The first-order valence-corrected chi connectivity index (χ1v) is 5.95. The second-order valence-electron chi connectivity index (χ2n) is 4.38. The Labute approximate surface area is 119 Å². The first-order valence-electron chi connectivity index (χ1n) is 5.95. The molecule has 0 bridgehead atoms. The molecule has 21 heavy (non-hydrogen) atoms. The highest BCUT2D eigenvalue weighted by atomic mass is 19.4. The topological polar surface area (TPSA) is 59.2 Å². The van der Waals surface area contributed by atoms with Crippen LogP contribution < -0.4 is 10.6 Å². The lowest BCUT2D eigenvalue weighted by molar-refractivity contribution is -0.136. The predicted octanol–water partition coefficient (Wildman–Crippen LogP) is 2.96. The van der Waals surface area contributed by atoms with Gasteiger partial charge >= 0.3 is 6.18 Å².